The number of nitrogens with one attached hydrogen (secondary N) is 1. The van der Waals surface area contributed by atoms with E-state index in [1.165, 1.54) is 50.5 Å². The summed E-state index contributed by atoms with van der Waals surface area (Å²) in [6.45, 7) is 9.45. The predicted molar refractivity (Wildman–Crippen MR) is 66.1 cm³/mol. The fourth-order valence-corrected chi connectivity index (χ4v) is 2.64. The zero-order valence-electron chi connectivity index (χ0n) is 9.59. The summed E-state index contributed by atoms with van der Waals surface area (Å²) in [6.07, 6.45) is 2.64. The molecule has 0 aromatic carbocycles. The Kier molecular flexibility index (Phi) is 6.65. The first-order chi connectivity index (χ1) is 6.88. The molecule has 1 N–H and O–H groups in total. The standard InChI is InChI=1S/C11H24N2S/c1-3-11-10-12-6-8-13(11)7-5-9-14-4-2/h11-12H,3-10H2,1-2H3. The Balaban J connectivity index is 2.13. The molecule has 2 nitrogen and oxygen atoms in total. The van der Waals surface area contributed by atoms with Crippen LogP contribution in [0.25, 0.3) is 0 Å². The Hall–Kier alpha value is 0.270. The van der Waals surface area contributed by atoms with Crippen LogP contribution in [0.1, 0.15) is 26.7 Å². The van der Waals surface area contributed by atoms with Crippen molar-refractivity contribution in [1.82, 2.24) is 10.2 Å². The first kappa shape index (κ1) is 12.3. The van der Waals surface area contributed by atoms with Crippen molar-refractivity contribution in [2.45, 2.75) is 32.7 Å². The van der Waals surface area contributed by atoms with Crippen LogP contribution in [0.3, 0.4) is 0 Å². The Morgan fingerprint density at radius 2 is 2.29 bits per heavy atom. The van der Waals surface area contributed by atoms with Gasteiger partial charge in [0.25, 0.3) is 0 Å². The van der Waals surface area contributed by atoms with E-state index in [1.807, 2.05) is 0 Å². The van der Waals surface area contributed by atoms with Crippen LogP contribution in [-0.4, -0.2) is 48.6 Å². The van der Waals surface area contributed by atoms with E-state index in [0.717, 1.165) is 6.04 Å². The van der Waals surface area contributed by atoms with Gasteiger partial charge in [-0.15, -0.1) is 0 Å². The number of thioether (sulfide) groups is 1. The molecule has 1 aliphatic rings. The average molecular weight is 216 g/mol. The largest absolute Gasteiger partial charge is 0.314 e. The highest BCUT2D eigenvalue weighted by Gasteiger charge is 2.19. The highest BCUT2D eigenvalue weighted by molar-refractivity contribution is 7.99. The molecule has 1 aliphatic heterocycles. The van der Waals surface area contributed by atoms with Crippen LogP contribution in [0.2, 0.25) is 0 Å². The van der Waals surface area contributed by atoms with Crippen LogP contribution >= 0.6 is 11.8 Å². The Bertz CT molecular complexity index is 141. The molecule has 0 aliphatic carbocycles. The Morgan fingerprint density at radius 3 is 3.00 bits per heavy atom. The van der Waals surface area contributed by atoms with Gasteiger partial charge in [-0.1, -0.05) is 13.8 Å². The zero-order valence-corrected chi connectivity index (χ0v) is 10.4. The van der Waals surface area contributed by atoms with Crippen LogP contribution < -0.4 is 5.32 Å². The number of nitrogens with zero attached hydrogens (tertiary/aromatic N) is 1. The normalized spacial score (nSPS) is 24.0. The quantitative estimate of drug-likeness (QED) is 0.682. The topological polar surface area (TPSA) is 15.3 Å². The lowest BCUT2D eigenvalue weighted by Crippen LogP contribution is -2.51. The van der Waals surface area contributed by atoms with Crippen molar-refractivity contribution in [2.75, 3.05) is 37.7 Å². The molecule has 1 heterocycles. The third-order valence-corrected chi connectivity index (χ3v) is 3.87. The zero-order chi connectivity index (χ0) is 10.2. The molecular formula is C11H24N2S. The van der Waals surface area contributed by atoms with Gasteiger partial charge in [0.1, 0.15) is 0 Å². The van der Waals surface area contributed by atoms with E-state index in [2.05, 4.69) is 35.8 Å². The van der Waals surface area contributed by atoms with E-state index in [4.69, 9.17) is 0 Å². The maximum absolute atomic E-state index is 3.47. The smallest absolute Gasteiger partial charge is 0.0218 e. The molecule has 3 heteroatoms. The van der Waals surface area contributed by atoms with Crippen LogP contribution in [0.4, 0.5) is 0 Å². The second-order valence-corrected chi connectivity index (χ2v) is 5.25. The summed E-state index contributed by atoms with van der Waals surface area (Å²) in [5.41, 5.74) is 0. The van der Waals surface area contributed by atoms with Crippen molar-refractivity contribution in [3.05, 3.63) is 0 Å². The number of piperazine rings is 1. The lowest BCUT2D eigenvalue weighted by Gasteiger charge is -2.35. The SMILES string of the molecule is CCSCCCN1CCNCC1CC. The fraction of sp³-hybridized carbons (Fsp3) is 1.00. The van der Waals surface area contributed by atoms with Gasteiger partial charge in [-0.05, 0) is 30.9 Å². The summed E-state index contributed by atoms with van der Waals surface area (Å²) in [7, 11) is 0. The monoisotopic (exact) mass is 216 g/mol. The molecule has 0 radical (unpaired) electrons. The molecule has 0 amide bonds. The van der Waals surface area contributed by atoms with Gasteiger partial charge in [0, 0.05) is 25.7 Å². The van der Waals surface area contributed by atoms with Crippen LogP contribution in [0.15, 0.2) is 0 Å². The van der Waals surface area contributed by atoms with Gasteiger partial charge >= 0.3 is 0 Å². The van der Waals surface area contributed by atoms with E-state index < -0.39 is 0 Å². The molecule has 0 saturated carbocycles. The lowest BCUT2D eigenvalue weighted by molar-refractivity contribution is 0.158. The molecule has 1 saturated heterocycles. The first-order valence-electron chi connectivity index (χ1n) is 5.91. The van der Waals surface area contributed by atoms with Crippen molar-refractivity contribution in [3.8, 4) is 0 Å². The van der Waals surface area contributed by atoms with Crippen LogP contribution in [-0.2, 0) is 0 Å². The Labute approximate surface area is 92.8 Å². The van der Waals surface area contributed by atoms with E-state index in [9.17, 15) is 0 Å². The summed E-state index contributed by atoms with van der Waals surface area (Å²) in [5, 5.41) is 3.47. The van der Waals surface area contributed by atoms with Gasteiger partial charge in [0.05, 0.1) is 0 Å². The maximum Gasteiger partial charge on any atom is 0.0218 e. The fourth-order valence-electron chi connectivity index (χ4n) is 2.01. The summed E-state index contributed by atoms with van der Waals surface area (Å²) in [4.78, 5) is 2.66. The van der Waals surface area contributed by atoms with Gasteiger partial charge in [0.2, 0.25) is 0 Å². The first-order valence-corrected chi connectivity index (χ1v) is 7.06. The van der Waals surface area contributed by atoms with Gasteiger partial charge in [-0.25, -0.2) is 0 Å². The van der Waals surface area contributed by atoms with E-state index in [1.54, 1.807) is 0 Å². The second kappa shape index (κ2) is 7.55. The van der Waals surface area contributed by atoms with Gasteiger partial charge in [-0.3, -0.25) is 4.90 Å². The summed E-state index contributed by atoms with van der Waals surface area (Å²) in [6, 6.07) is 0.787. The number of rotatable bonds is 6. The van der Waals surface area contributed by atoms with Crippen molar-refractivity contribution in [3.63, 3.8) is 0 Å². The summed E-state index contributed by atoms with van der Waals surface area (Å²) >= 11 is 2.06. The third kappa shape index (κ3) is 4.20. The van der Waals surface area contributed by atoms with Crippen molar-refractivity contribution < 1.29 is 0 Å². The van der Waals surface area contributed by atoms with Gasteiger partial charge in [0.15, 0.2) is 0 Å². The highest BCUT2D eigenvalue weighted by atomic mass is 32.2. The van der Waals surface area contributed by atoms with Crippen molar-refractivity contribution >= 4 is 11.8 Å². The highest BCUT2D eigenvalue weighted by Crippen LogP contribution is 2.09. The molecule has 1 fully saturated rings. The molecule has 0 aromatic heterocycles. The van der Waals surface area contributed by atoms with Crippen molar-refractivity contribution in [1.29, 1.82) is 0 Å². The maximum atomic E-state index is 3.47. The predicted octanol–water partition coefficient (Wildman–Crippen LogP) is 1.81. The Morgan fingerprint density at radius 1 is 1.43 bits per heavy atom. The molecule has 1 rings (SSSR count). The molecule has 0 bridgehead atoms. The molecule has 1 unspecified atom stereocenters. The van der Waals surface area contributed by atoms with Crippen LogP contribution in [0.5, 0.6) is 0 Å². The molecule has 84 valence electrons. The summed E-state index contributed by atoms with van der Waals surface area (Å²) in [5.74, 6) is 2.59. The van der Waals surface area contributed by atoms with Crippen molar-refractivity contribution in [2.24, 2.45) is 0 Å². The minimum Gasteiger partial charge on any atom is -0.314 e. The molecule has 14 heavy (non-hydrogen) atoms. The van der Waals surface area contributed by atoms with E-state index >= 15 is 0 Å². The van der Waals surface area contributed by atoms with E-state index in [0.29, 0.717) is 0 Å². The van der Waals surface area contributed by atoms with E-state index in [-0.39, 0.29) is 0 Å². The minimum atomic E-state index is 0.787. The third-order valence-electron chi connectivity index (χ3n) is 2.88. The van der Waals surface area contributed by atoms with Crippen LogP contribution in [0, 0.1) is 0 Å². The summed E-state index contributed by atoms with van der Waals surface area (Å²) < 4.78 is 0. The molecular weight excluding hydrogens is 192 g/mol. The molecule has 1 atom stereocenters. The van der Waals surface area contributed by atoms with Gasteiger partial charge in [-0.2, -0.15) is 11.8 Å². The van der Waals surface area contributed by atoms with Gasteiger partial charge < -0.3 is 5.32 Å². The lowest BCUT2D eigenvalue weighted by atomic mass is 10.1. The minimum absolute atomic E-state index is 0.787. The average Bonchev–Trinajstić information content (AvgIpc) is 2.25. The number of hydrogen-bond acceptors (Lipinski definition) is 3. The molecule has 0 spiro atoms. The number of hydrogen-bond donors (Lipinski definition) is 1. The molecule has 0 aromatic rings. The second-order valence-electron chi connectivity index (χ2n) is 3.85.